The van der Waals surface area contributed by atoms with Gasteiger partial charge in [0.25, 0.3) is 6.47 Å². The third-order valence-corrected chi connectivity index (χ3v) is 8.30. The van der Waals surface area contributed by atoms with Gasteiger partial charge in [-0.1, -0.05) is 120 Å². The molecule has 0 saturated carbocycles. The predicted molar refractivity (Wildman–Crippen MR) is 180 cm³/mol. The number of ether oxygens (including phenoxy) is 1. The Morgan fingerprint density at radius 2 is 1.47 bits per heavy atom. The first-order valence-electron chi connectivity index (χ1n) is 16.2. The van der Waals surface area contributed by atoms with Gasteiger partial charge in [-0.15, -0.1) is 0 Å². The Morgan fingerprint density at radius 1 is 0.791 bits per heavy atom. The van der Waals surface area contributed by atoms with Crippen LogP contribution < -0.4 is 4.90 Å². The molecule has 0 aliphatic carbocycles. The zero-order valence-electron chi connectivity index (χ0n) is 26.0. The van der Waals surface area contributed by atoms with Gasteiger partial charge in [0, 0.05) is 17.9 Å². The van der Waals surface area contributed by atoms with Crippen molar-refractivity contribution in [2.75, 3.05) is 11.4 Å². The molecular formula is C39H46N2O2. The van der Waals surface area contributed by atoms with E-state index in [1.165, 1.54) is 85.0 Å². The molecule has 0 unspecified atom stereocenters. The Hall–Kier alpha value is -4.10. The molecular weight excluding hydrogens is 528 g/mol. The van der Waals surface area contributed by atoms with Gasteiger partial charge in [0.15, 0.2) is 0 Å². The molecule has 43 heavy (non-hydrogen) atoms. The lowest BCUT2D eigenvalue weighted by Gasteiger charge is -2.27. The number of hydrogen-bond acceptors (Lipinski definition) is 4. The lowest BCUT2D eigenvalue weighted by atomic mass is 9.96. The normalized spacial score (nSPS) is 13.1. The number of fused-ring (bicyclic) bond motifs is 2. The van der Waals surface area contributed by atoms with E-state index in [2.05, 4.69) is 79.4 Å². The van der Waals surface area contributed by atoms with Crippen molar-refractivity contribution in [2.24, 2.45) is 0 Å². The quantitative estimate of drug-likeness (QED) is 0.0561. The van der Waals surface area contributed by atoms with Gasteiger partial charge >= 0.3 is 0 Å². The maximum atomic E-state index is 10.6. The van der Waals surface area contributed by atoms with Crippen LogP contribution in [0.25, 0.3) is 17.7 Å². The molecule has 0 saturated heterocycles. The summed E-state index contributed by atoms with van der Waals surface area (Å²) in [4.78, 5) is 13.2. The summed E-state index contributed by atoms with van der Waals surface area (Å²) in [6.45, 7) is 5.82. The van der Waals surface area contributed by atoms with Crippen molar-refractivity contribution < 1.29 is 9.53 Å². The summed E-state index contributed by atoms with van der Waals surface area (Å²) in [5.41, 5.74) is 10.1. The topological polar surface area (TPSA) is 53.3 Å². The molecule has 4 nitrogen and oxygen atoms in total. The third kappa shape index (κ3) is 9.19. The predicted octanol–water partition coefficient (Wildman–Crippen LogP) is 10.4. The Bertz CT molecular complexity index is 1430. The minimum absolute atomic E-state index is 0.0179. The van der Waals surface area contributed by atoms with E-state index in [0.717, 1.165) is 43.4 Å². The smallest absolute Gasteiger partial charge is 0.299 e. The summed E-state index contributed by atoms with van der Waals surface area (Å²) < 4.78 is 4.73. The fraction of sp³-hybridized carbons (Fsp3) is 0.385. The zero-order chi connectivity index (χ0) is 30.3. The van der Waals surface area contributed by atoms with Crippen molar-refractivity contribution in [2.45, 2.75) is 90.9 Å². The molecule has 0 amide bonds. The van der Waals surface area contributed by atoms with Gasteiger partial charge in [-0.2, -0.15) is 5.26 Å². The summed E-state index contributed by atoms with van der Waals surface area (Å²) in [6, 6.07) is 25.9. The molecule has 0 N–H and O–H groups in total. The van der Waals surface area contributed by atoms with Gasteiger partial charge in [0.2, 0.25) is 5.76 Å². The Morgan fingerprint density at radius 3 is 2.19 bits per heavy atom. The molecule has 1 aliphatic heterocycles. The van der Waals surface area contributed by atoms with Crippen LogP contribution in [0.4, 0.5) is 11.4 Å². The number of benzene rings is 3. The zero-order valence-corrected chi connectivity index (χ0v) is 26.0. The first-order valence-corrected chi connectivity index (χ1v) is 16.2. The minimum atomic E-state index is -0.0179. The number of nitrogens with zero attached hydrogens (tertiary/aromatic N) is 2. The number of unbranched alkanes of at least 4 members (excludes halogenated alkanes) is 7. The Labute approximate surface area is 258 Å². The van der Waals surface area contributed by atoms with Crippen molar-refractivity contribution >= 4 is 35.6 Å². The molecule has 224 valence electrons. The first-order chi connectivity index (χ1) is 21.2. The van der Waals surface area contributed by atoms with Crippen LogP contribution in [-0.4, -0.2) is 13.0 Å². The highest BCUT2D eigenvalue weighted by Crippen LogP contribution is 2.37. The average molecular weight is 575 g/mol. The molecule has 4 rings (SSSR count). The summed E-state index contributed by atoms with van der Waals surface area (Å²) in [6.07, 6.45) is 18.6. The van der Waals surface area contributed by atoms with Gasteiger partial charge in [-0.05, 0) is 83.3 Å². The van der Waals surface area contributed by atoms with Gasteiger partial charge in [0.1, 0.15) is 6.07 Å². The maximum absolute atomic E-state index is 10.6. The van der Waals surface area contributed by atoms with Crippen LogP contribution in [0.5, 0.6) is 0 Å². The first kappa shape index (κ1) is 31.8. The average Bonchev–Trinajstić information content (AvgIpc) is 3.19. The summed E-state index contributed by atoms with van der Waals surface area (Å²) >= 11 is 0. The number of aryl methyl sites for hydroxylation is 2. The monoisotopic (exact) mass is 574 g/mol. The molecule has 0 bridgehead atoms. The van der Waals surface area contributed by atoms with Crippen molar-refractivity contribution in [3.05, 3.63) is 100 Å². The molecule has 0 aromatic heterocycles. The van der Waals surface area contributed by atoms with E-state index in [4.69, 9.17) is 10.00 Å². The van der Waals surface area contributed by atoms with Crippen LogP contribution in [0, 0.1) is 11.3 Å². The highest BCUT2D eigenvalue weighted by atomic mass is 16.5. The standard InChI is InChI=1S/C39H46N2O2/c1-3-5-6-7-8-9-10-13-25-41-38-16-12-11-15-34(38)22-23-36-27-32(19-24-39(36)41)26-35(14-4-2)33-20-17-31(18-21-33)28-37(29-40)43-30-42/h11-12,15-21,24,26-28,30H,3-10,13-14,22-23,25H2,1-2H3/b35-26+,37-28-. The molecule has 0 spiro atoms. The van der Waals surface area contributed by atoms with Crippen LogP contribution in [0.1, 0.15) is 106 Å². The van der Waals surface area contributed by atoms with E-state index >= 15 is 0 Å². The third-order valence-electron chi connectivity index (χ3n) is 8.30. The van der Waals surface area contributed by atoms with E-state index in [1.807, 2.05) is 18.2 Å². The van der Waals surface area contributed by atoms with Crippen molar-refractivity contribution in [1.29, 1.82) is 5.26 Å². The van der Waals surface area contributed by atoms with E-state index < -0.39 is 0 Å². The molecule has 1 aliphatic rings. The fourth-order valence-electron chi connectivity index (χ4n) is 6.05. The van der Waals surface area contributed by atoms with Crippen molar-refractivity contribution in [3.8, 4) is 6.07 Å². The molecule has 0 atom stereocenters. The van der Waals surface area contributed by atoms with Gasteiger partial charge < -0.3 is 9.64 Å². The van der Waals surface area contributed by atoms with Crippen molar-refractivity contribution in [1.82, 2.24) is 0 Å². The number of allylic oxidation sites excluding steroid dienone is 2. The largest absolute Gasteiger partial charge is 0.417 e. The number of carbonyl (C=O) groups excluding carboxylic acids is 1. The van der Waals surface area contributed by atoms with Crippen LogP contribution in [0.15, 0.2) is 72.5 Å². The van der Waals surface area contributed by atoms with Crippen molar-refractivity contribution in [3.63, 3.8) is 0 Å². The number of carbonyl (C=O) groups is 1. The van der Waals surface area contributed by atoms with Crippen LogP contribution in [0.2, 0.25) is 0 Å². The molecule has 3 aromatic rings. The second kappa shape index (κ2) is 17.1. The number of para-hydroxylation sites is 1. The maximum Gasteiger partial charge on any atom is 0.299 e. The molecule has 4 heteroatoms. The van der Waals surface area contributed by atoms with E-state index in [-0.39, 0.29) is 12.2 Å². The highest BCUT2D eigenvalue weighted by Gasteiger charge is 2.20. The van der Waals surface area contributed by atoms with E-state index in [9.17, 15) is 4.79 Å². The molecule has 0 fully saturated rings. The van der Waals surface area contributed by atoms with Crippen LogP contribution >= 0.6 is 0 Å². The van der Waals surface area contributed by atoms with Gasteiger partial charge in [-0.25, -0.2) is 0 Å². The fourth-order valence-corrected chi connectivity index (χ4v) is 6.05. The lowest BCUT2D eigenvalue weighted by molar-refractivity contribution is -0.124. The number of anilines is 2. The molecule has 0 radical (unpaired) electrons. The van der Waals surface area contributed by atoms with Crippen LogP contribution in [0.3, 0.4) is 0 Å². The number of nitriles is 1. The summed E-state index contributed by atoms with van der Waals surface area (Å²) in [5.74, 6) is -0.0179. The molecule has 1 heterocycles. The lowest BCUT2D eigenvalue weighted by Crippen LogP contribution is -2.19. The second-order valence-corrected chi connectivity index (χ2v) is 11.5. The SMILES string of the molecule is CCCCCCCCCCN1c2ccccc2CCc2cc(/C=C(\CCC)c3ccc(/C=C(/C#N)OC=O)cc3)ccc21. The minimum Gasteiger partial charge on any atom is -0.417 e. The van der Waals surface area contributed by atoms with Crippen LogP contribution in [-0.2, 0) is 22.4 Å². The number of hydrogen-bond donors (Lipinski definition) is 0. The summed E-state index contributed by atoms with van der Waals surface area (Å²) in [5, 5.41) is 9.15. The summed E-state index contributed by atoms with van der Waals surface area (Å²) in [7, 11) is 0. The van der Waals surface area contributed by atoms with Gasteiger partial charge in [-0.3, -0.25) is 4.79 Å². The molecule has 3 aromatic carbocycles. The number of rotatable bonds is 16. The van der Waals surface area contributed by atoms with E-state index in [1.54, 1.807) is 6.08 Å². The second-order valence-electron chi connectivity index (χ2n) is 11.5. The highest BCUT2D eigenvalue weighted by molar-refractivity contribution is 5.83. The Kier molecular flexibility index (Phi) is 12.7. The Balaban J connectivity index is 1.54. The van der Waals surface area contributed by atoms with E-state index in [0.29, 0.717) is 0 Å². The van der Waals surface area contributed by atoms with Gasteiger partial charge in [0.05, 0.1) is 0 Å².